The van der Waals surface area contributed by atoms with E-state index < -0.39 is 0 Å². The van der Waals surface area contributed by atoms with E-state index in [-0.39, 0.29) is 0 Å². The summed E-state index contributed by atoms with van der Waals surface area (Å²) in [4.78, 5) is 8.56. The molecule has 1 heterocycles. The summed E-state index contributed by atoms with van der Waals surface area (Å²) in [6.45, 7) is 1.08. The van der Waals surface area contributed by atoms with Crippen LogP contribution in [-0.2, 0) is 6.42 Å². The van der Waals surface area contributed by atoms with E-state index in [1.165, 1.54) is 31.4 Å². The highest BCUT2D eigenvalue weighted by Gasteiger charge is 2.23. The fourth-order valence-corrected chi connectivity index (χ4v) is 1.79. The monoisotopic (exact) mass is 203 g/mol. The lowest BCUT2D eigenvalue weighted by molar-refractivity contribution is 0.797. The van der Waals surface area contributed by atoms with Crippen molar-refractivity contribution in [3.63, 3.8) is 0 Å². The van der Waals surface area contributed by atoms with Gasteiger partial charge in [-0.1, -0.05) is 0 Å². The first-order valence-electron chi connectivity index (χ1n) is 5.95. The highest BCUT2D eigenvalue weighted by Crippen LogP contribution is 2.32. The smallest absolute Gasteiger partial charge is 0.129 e. The van der Waals surface area contributed by atoms with Crippen molar-refractivity contribution in [1.82, 2.24) is 9.97 Å². The van der Waals surface area contributed by atoms with E-state index >= 15 is 0 Å². The van der Waals surface area contributed by atoms with E-state index in [4.69, 9.17) is 0 Å². The van der Waals surface area contributed by atoms with Crippen LogP contribution < -0.4 is 5.32 Å². The molecule has 0 aromatic carbocycles. The van der Waals surface area contributed by atoms with Crippen molar-refractivity contribution in [2.75, 3.05) is 11.9 Å². The molecule has 1 N–H and O–H groups in total. The minimum Gasteiger partial charge on any atom is -0.370 e. The van der Waals surface area contributed by atoms with E-state index in [0.29, 0.717) is 0 Å². The SMILES string of the molecule is c1nc(CC2CC2)cc(NCC2CC2)n1. The molecule has 0 bridgehead atoms. The predicted molar refractivity (Wildman–Crippen MR) is 59.7 cm³/mol. The first kappa shape index (κ1) is 9.13. The second-order valence-corrected chi connectivity index (χ2v) is 4.87. The highest BCUT2D eigenvalue weighted by molar-refractivity contribution is 5.35. The van der Waals surface area contributed by atoms with Crippen molar-refractivity contribution >= 4 is 5.82 Å². The Morgan fingerprint density at radius 2 is 1.93 bits per heavy atom. The van der Waals surface area contributed by atoms with Gasteiger partial charge in [-0.3, -0.25) is 0 Å². The minimum absolute atomic E-state index is 0.895. The van der Waals surface area contributed by atoms with Gasteiger partial charge in [0.1, 0.15) is 12.1 Å². The standard InChI is InChI=1S/C12H17N3/c1-2-9(1)5-11-6-12(15-8-14-11)13-7-10-3-4-10/h6,8-10H,1-5,7H2,(H,13,14,15). The summed E-state index contributed by atoms with van der Waals surface area (Å²) < 4.78 is 0. The van der Waals surface area contributed by atoms with Gasteiger partial charge in [0.2, 0.25) is 0 Å². The van der Waals surface area contributed by atoms with Gasteiger partial charge in [0.25, 0.3) is 0 Å². The lowest BCUT2D eigenvalue weighted by Crippen LogP contribution is -2.06. The second kappa shape index (κ2) is 3.80. The van der Waals surface area contributed by atoms with Crippen molar-refractivity contribution in [1.29, 1.82) is 0 Å². The Hall–Kier alpha value is -1.12. The maximum Gasteiger partial charge on any atom is 0.129 e. The Kier molecular flexibility index (Phi) is 2.31. The highest BCUT2D eigenvalue weighted by atomic mass is 15.0. The Bertz CT molecular complexity index is 342. The summed E-state index contributed by atoms with van der Waals surface area (Å²) in [5.74, 6) is 2.80. The topological polar surface area (TPSA) is 37.8 Å². The Labute approximate surface area is 90.3 Å². The van der Waals surface area contributed by atoms with E-state index in [0.717, 1.165) is 30.6 Å². The Balaban J connectivity index is 1.59. The van der Waals surface area contributed by atoms with Crippen LogP contribution in [0.3, 0.4) is 0 Å². The fraction of sp³-hybridized carbons (Fsp3) is 0.667. The minimum atomic E-state index is 0.895. The van der Waals surface area contributed by atoms with E-state index in [2.05, 4.69) is 21.4 Å². The predicted octanol–water partition coefficient (Wildman–Crippen LogP) is 2.25. The molecule has 3 nitrogen and oxygen atoms in total. The molecule has 0 saturated heterocycles. The van der Waals surface area contributed by atoms with Gasteiger partial charge in [0.05, 0.1) is 0 Å². The van der Waals surface area contributed by atoms with Crippen molar-refractivity contribution in [2.45, 2.75) is 32.1 Å². The van der Waals surface area contributed by atoms with Crippen LogP contribution in [0.4, 0.5) is 5.82 Å². The second-order valence-electron chi connectivity index (χ2n) is 4.87. The molecule has 1 aromatic rings. The van der Waals surface area contributed by atoms with Gasteiger partial charge in [-0.15, -0.1) is 0 Å². The van der Waals surface area contributed by atoms with Crippen LogP contribution in [0.15, 0.2) is 12.4 Å². The molecule has 0 aliphatic heterocycles. The van der Waals surface area contributed by atoms with E-state index in [1.54, 1.807) is 6.33 Å². The molecule has 2 aliphatic rings. The number of nitrogens with one attached hydrogen (secondary N) is 1. The Morgan fingerprint density at radius 1 is 1.13 bits per heavy atom. The van der Waals surface area contributed by atoms with E-state index in [9.17, 15) is 0 Å². The number of hydrogen-bond acceptors (Lipinski definition) is 3. The third-order valence-corrected chi connectivity index (χ3v) is 3.19. The van der Waals surface area contributed by atoms with Crippen LogP contribution in [0.1, 0.15) is 31.4 Å². The van der Waals surface area contributed by atoms with Gasteiger partial charge in [-0.2, -0.15) is 0 Å². The van der Waals surface area contributed by atoms with Crippen LogP contribution in [0.2, 0.25) is 0 Å². The quantitative estimate of drug-likeness (QED) is 0.797. The molecule has 2 fully saturated rings. The van der Waals surface area contributed by atoms with Crippen LogP contribution in [-0.4, -0.2) is 16.5 Å². The zero-order valence-electron chi connectivity index (χ0n) is 8.95. The molecular formula is C12H17N3. The summed E-state index contributed by atoms with van der Waals surface area (Å²) in [7, 11) is 0. The zero-order chi connectivity index (χ0) is 10.1. The number of rotatable bonds is 5. The normalized spacial score (nSPS) is 20.3. The average molecular weight is 203 g/mol. The molecule has 2 aliphatic carbocycles. The largest absolute Gasteiger partial charge is 0.370 e. The molecular weight excluding hydrogens is 186 g/mol. The van der Waals surface area contributed by atoms with Crippen molar-refractivity contribution in [3.05, 3.63) is 18.1 Å². The summed E-state index contributed by atoms with van der Waals surface area (Å²) in [5.41, 5.74) is 1.20. The molecule has 0 spiro atoms. The first-order valence-corrected chi connectivity index (χ1v) is 5.95. The van der Waals surface area contributed by atoms with E-state index in [1.807, 2.05) is 0 Å². The molecule has 2 saturated carbocycles. The van der Waals surface area contributed by atoms with Crippen LogP contribution in [0.5, 0.6) is 0 Å². The third-order valence-electron chi connectivity index (χ3n) is 3.19. The van der Waals surface area contributed by atoms with Crippen LogP contribution >= 0.6 is 0 Å². The van der Waals surface area contributed by atoms with Crippen molar-refractivity contribution in [3.8, 4) is 0 Å². The number of anilines is 1. The number of nitrogens with zero attached hydrogens (tertiary/aromatic N) is 2. The summed E-state index contributed by atoms with van der Waals surface area (Å²) in [5, 5.41) is 3.39. The molecule has 0 atom stereocenters. The molecule has 0 radical (unpaired) electrons. The van der Waals surface area contributed by atoms with Crippen molar-refractivity contribution < 1.29 is 0 Å². The molecule has 1 aromatic heterocycles. The number of hydrogen-bond donors (Lipinski definition) is 1. The van der Waals surface area contributed by atoms with Crippen LogP contribution in [0, 0.1) is 11.8 Å². The fourth-order valence-electron chi connectivity index (χ4n) is 1.79. The summed E-state index contributed by atoms with van der Waals surface area (Å²) >= 11 is 0. The average Bonchev–Trinajstić information content (AvgIpc) is 3.10. The lowest BCUT2D eigenvalue weighted by Gasteiger charge is -2.05. The van der Waals surface area contributed by atoms with Crippen LogP contribution in [0.25, 0.3) is 0 Å². The molecule has 3 heteroatoms. The van der Waals surface area contributed by atoms with Gasteiger partial charge in [-0.05, 0) is 43.9 Å². The van der Waals surface area contributed by atoms with Gasteiger partial charge in [0, 0.05) is 18.3 Å². The maximum absolute atomic E-state index is 4.31. The third kappa shape index (κ3) is 2.67. The van der Waals surface area contributed by atoms with Gasteiger partial charge < -0.3 is 5.32 Å². The molecule has 80 valence electrons. The van der Waals surface area contributed by atoms with Gasteiger partial charge >= 0.3 is 0 Å². The molecule has 0 unspecified atom stereocenters. The zero-order valence-corrected chi connectivity index (χ0v) is 8.95. The molecule has 15 heavy (non-hydrogen) atoms. The lowest BCUT2D eigenvalue weighted by atomic mass is 10.2. The maximum atomic E-state index is 4.31. The Morgan fingerprint density at radius 3 is 2.67 bits per heavy atom. The summed E-state index contributed by atoms with van der Waals surface area (Å²) in [6, 6.07) is 2.11. The van der Waals surface area contributed by atoms with Gasteiger partial charge in [0.15, 0.2) is 0 Å². The molecule has 0 amide bonds. The molecule has 3 rings (SSSR count). The summed E-state index contributed by atoms with van der Waals surface area (Å²) in [6.07, 6.45) is 8.36. The first-order chi connectivity index (χ1) is 7.40. The van der Waals surface area contributed by atoms with Gasteiger partial charge in [-0.25, -0.2) is 9.97 Å². The van der Waals surface area contributed by atoms with Crippen molar-refractivity contribution in [2.24, 2.45) is 11.8 Å². The number of aromatic nitrogens is 2.